The monoisotopic (exact) mass is 430 g/mol. The second-order valence-electron chi connectivity index (χ2n) is 7.98. The summed E-state index contributed by atoms with van der Waals surface area (Å²) in [4.78, 5) is 32.7. The molecule has 0 aliphatic heterocycles. The molecule has 2 aromatic heterocycles. The zero-order valence-electron chi connectivity index (χ0n) is 18.2. The van der Waals surface area contributed by atoms with Crippen LogP contribution in [0.4, 0.5) is 5.69 Å². The Morgan fingerprint density at radius 2 is 1.81 bits per heavy atom. The quantitative estimate of drug-likeness (QED) is 0.566. The minimum atomic E-state index is -0.247. The standard InChI is InChI=1S/C25H26N4O3/c1-16-3-6-20(29-24(30)15-32-14-17-4-5-17)13-21(16)18-7-9-27-22(11-18)19-8-10-28-23(12-19)25(31)26-2/h3,6-13,17H,4-5,14-15H2,1-2H3,(H,26,31)(H,29,30). The summed E-state index contributed by atoms with van der Waals surface area (Å²) in [5, 5.41) is 5.50. The van der Waals surface area contributed by atoms with Crippen LogP contribution in [0.3, 0.4) is 0 Å². The van der Waals surface area contributed by atoms with Crippen LogP contribution in [0.2, 0.25) is 0 Å². The van der Waals surface area contributed by atoms with Gasteiger partial charge in [0.25, 0.3) is 5.91 Å². The summed E-state index contributed by atoms with van der Waals surface area (Å²) in [6.07, 6.45) is 5.73. The number of anilines is 1. The van der Waals surface area contributed by atoms with Crippen LogP contribution in [-0.4, -0.2) is 42.0 Å². The third-order valence-electron chi connectivity index (χ3n) is 5.39. The molecule has 7 nitrogen and oxygen atoms in total. The minimum absolute atomic E-state index is 0.0643. The number of benzene rings is 1. The molecule has 1 aliphatic carbocycles. The number of nitrogens with zero attached hydrogens (tertiary/aromatic N) is 2. The van der Waals surface area contributed by atoms with Crippen LogP contribution >= 0.6 is 0 Å². The van der Waals surface area contributed by atoms with Crippen molar-refractivity contribution in [3.05, 3.63) is 66.1 Å². The fourth-order valence-corrected chi connectivity index (χ4v) is 3.41. The van der Waals surface area contributed by atoms with E-state index >= 15 is 0 Å². The highest BCUT2D eigenvalue weighted by molar-refractivity contribution is 5.94. The Hall–Kier alpha value is -3.58. The Morgan fingerprint density at radius 3 is 2.59 bits per heavy atom. The molecule has 2 amide bonds. The molecule has 1 aliphatic rings. The van der Waals surface area contributed by atoms with Gasteiger partial charge in [-0.15, -0.1) is 0 Å². The molecule has 0 unspecified atom stereocenters. The lowest BCUT2D eigenvalue weighted by Gasteiger charge is -2.12. The number of hydrogen-bond donors (Lipinski definition) is 2. The van der Waals surface area contributed by atoms with Crippen molar-refractivity contribution in [3.8, 4) is 22.4 Å². The van der Waals surface area contributed by atoms with E-state index in [0.29, 0.717) is 18.2 Å². The molecule has 0 bridgehead atoms. The van der Waals surface area contributed by atoms with Gasteiger partial charge in [-0.05, 0) is 78.8 Å². The van der Waals surface area contributed by atoms with E-state index in [2.05, 4.69) is 20.6 Å². The maximum Gasteiger partial charge on any atom is 0.269 e. The van der Waals surface area contributed by atoms with E-state index < -0.39 is 0 Å². The Morgan fingerprint density at radius 1 is 1.03 bits per heavy atom. The smallest absolute Gasteiger partial charge is 0.269 e. The molecule has 4 rings (SSSR count). The first-order valence-corrected chi connectivity index (χ1v) is 10.7. The minimum Gasteiger partial charge on any atom is -0.371 e. The Balaban J connectivity index is 1.54. The lowest BCUT2D eigenvalue weighted by molar-refractivity contribution is -0.120. The van der Waals surface area contributed by atoms with Gasteiger partial charge in [-0.25, -0.2) is 0 Å². The summed E-state index contributed by atoms with van der Waals surface area (Å²) in [6.45, 7) is 2.74. The molecule has 1 saturated carbocycles. The van der Waals surface area contributed by atoms with Gasteiger partial charge in [0.15, 0.2) is 0 Å². The number of carbonyl (C=O) groups is 2. The molecule has 0 spiro atoms. The van der Waals surface area contributed by atoms with Crippen LogP contribution < -0.4 is 10.6 Å². The normalized spacial score (nSPS) is 12.9. The lowest BCUT2D eigenvalue weighted by atomic mass is 9.99. The molecule has 3 aromatic rings. The molecule has 0 radical (unpaired) electrons. The maximum absolute atomic E-state index is 12.2. The molecule has 1 aromatic carbocycles. The van der Waals surface area contributed by atoms with Crippen LogP contribution in [0.1, 0.15) is 28.9 Å². The van der Waals surface area contributed by atoms with E-state index in [1.54, 1.807) is 25.5 Å². The number of pyridine rings is 2. The van der Waals surface area contributed by atoms with Crippen molar-refractivity contribution in [2.75, 3.05) is 25.6 Å². The largest absolute Gasteiger partial charge is 0.371 e. The highest BCUT2D eigenvalue weighted by Gasteiger charge is 2.21. The predicted molar refractivity (Wildman–Crippen MR) is 123 cm³/mol. The zero-order chi connectivity index (χ0) is 22.5. The molecular weight excluding hydrogens is 404 g/mol. The summed E-state index contributed by atoms with van der Waals surface area (Å²) in [5.74, 6) is 0.222. The first kappa shape index (κ1) is 21.6. The number of aryl methyl sites for hydroxylation is 1. The van der Waals surface area contributed by atoms with Crippen LogP contribution in [0.5, 0.6) is 0 Å². The number of hydrogen-bond acceptors (Lipinski definition) is 5. The van der Waals surface area contributed by atoms with Gasteiger partial charge in [0, 0.05) is 30.7 Å². The van der Waals surface area contributed by atoms with Crippen molar-refractivity contribution in [2.24, 2.45) is 5.92 Å². The summed E-state index contributed by atoms with van der Waals surface area (Å²) in [7, 11) is 1.57. The van der Waals surface area contributed by atoms with Crippen LogP contribution in [0, 0.1) is 12.8 Å². The van der Waals surface area contributed by atoms with Gasteiger partial charge in [0.1, 0.15) is 12.3 Å². The van der Waals surface area contributed by atoms with Crippen molar-refractivity contribution in [2.45, 2.75) is 19.8 Å². The van der Waals surface area contributed by atoms with Crippen molar-refractivity contribution in [1.29, 1.82) is 0 Å². The Labute approximate surface area is 187 Å². The molecule has 7 heteroatoms. The van der Waals surface area contributed by atoms with Crippen LogP contribution in [0.15, 0.2) is 54.9 Å². The SMILES string of the molecule is CNC(=O)c1cc(-c2cc(-c3cc(NC(=O)COCC4CC4)ccc3C)ccn2)ccn1. The predicted octanol–water partition coefficient (Wildman–Crippen LogP) is 3.84. The number of carbonyl (C=O) groups excluding carboxylic acids is 2. The highest BCUT2D eigenvalue weighted by Crippen LogP contribution is 2.30. The van der Waals surface area contributed by atoms with Gasteiger partial charge in [0.2, 0.25) is 5.91 Å². The summed E-state index contributed by atoms with van der Waals surface area (Å²) >= 11 is 0. The molecule has 0 saturated heterocycles. The lowest BCUT2D eigenvalue weighted by Crippen LogP contribution is -2.19. The molecule has 1 fully saturated rings. The molecule has 164 valence electrons. The number of nitrogens with one attached hydrogen (secondary N) is 2. The third-order valence-corrected chi connectivity index (χ3v) is 5.39. The van der Waals surface area contributed by atoms with Crippen molar-refractivity contribution >= 4 is 17.5 Å². The summed E-state index contributed by atoms with van der Waals surface area (Å²) in [5.41, 5.74) is 5.62. The zero-order valence-corrected chi connectivity index (χ0v) is 18.2. The summed E-state index contributed by atoms with van der Waals surface area (Å²) < 4.78 is 5.48. The number of ether oxygens (including phenoxy) is 1. The number of aromatic nitrogens is 2. The van der Waals surface area contributed by atoms with E-state index in [0.717, 1.165) is 33.6 Å². The van der Waals surface area contributed by atoms with E-state index in [1.807, 2.05) is 43.3 Å². The van der Waals surface area contributed by atoms with E-state index in [-0.39, 0.29) is 18.4 Å². The molecular formula is C25H26N4O3. The van der Waals surface area contributed by atoms with Gasteiger partial charge < -0.3 is 15.4 Å². The topological polar surface area (TPSA) is 93.2 Å². The third kappa shape index (κ3) is 5.36. The van der Waals surface area contributed by atoms with Gasteiger partial charge in [-0.2, -0.15) is 0 Å². The van der Waals surface area contributed by atoms with E-state index in [4.69, 9.17) is 4.74 Å². The average molecular weight is 431 g/mol. The Kier molecular flexibility index (Phi) is 6.56. The van der Waals surface area contributed by atoms with Crippen molar-refractivity contribution in [1.82, 2.24) is 15.3 Å². The van der Waals surface area contributed by atoms with E-state index in [9.17, 15) is 9.59 Å². The van der Waals surface area contributed by atoms with Crippen molar-refractivity contribution < 1.29 is 14.3 Å². The second kappa shape index (κ2) is 9.70. The fraction of sp³-hybridized carbons (Fsp3) is 0.280. The number of amides is 2. The maximum atomic E-state index is 12.2. The van der Waals surface area contributed by atoms with Crippen LogP contribution in [-0.2, 0) is 9.53 Å². The van der Waals surface area contributed by atoms with Crippen LogP contribution in [0.25, 0.3) is 22.4 Å². The average Bonchev–Trinajstić information content (AvgIpc) is 3.64. The second-order valence-corrected chi connectivity index (χ2v) is 7.98. The van der Waals surface area contributed by atoms with E-state index in [1.165, 1.54) is 12.8 Å². The fourth-order valence-electron chi connectivity index (χ4n) is 3.41. The van der Waals surface area contributed by atoms with Gasteiger partial charge in [-0.3, -0.25) is 19.6 Å². The first-order chi connectivity index (χ1) is 15.5. The number of rotatable bonds is 8. The first-order valence-electron chi connectivity index (χ1n) is 10.7. The van der Waals surface area contributed by atoms with Gasteiger partial charge in [0.05, 0.1) is 12.3 Å². The molecule has 2 heterocycles. The molecule has 0 atom stereocenters. The molecule has 2 N–H and O–H groups in total. The van der Waals surface area contributed by atoms with Crippen molar-refractivity contribution in [3.63, 3.8) is 0 Å². The summed E-state index contributed by atoms with van der Waals surface area (Å²) in [6, 6.07) is 13.3. The highest BCUT2D eigenvalue weighted by atomic mass is 16.5. The molecule has 32 heavy (non-hydrogen) atoms. The van der Waals surface area contributed by atoms with Gasteiger partial charge >= 0.3 is 0 Å². The van der Waals surface area contributed by atoms with Gasteiger partial charge in [-0.1, -0.05) is 6.07 Å². The Bertz CT molecular complexity index is 1140.